The van der Waals surface area contributed by atoms with E-state index in [0.29, 0.717) is 24.7 Å². The summed E-state index contributed by atoms with van der Waals surface area (Å²) in [5.41, 5.74) is 4.66. The summed E-state index contributed by atoms with van der Waals surface area (Å²) in [6, 6.07) is 15.0. The minimum absolute atomic E-state index is 0.0191. The van der Waals surface area contributed by atoms with Crippen LogP contribution in [0.25, 0.3) is 10.4 Å². The van der Waals surface area contributed by atoms with Crippen molar-refractivity contribution in [3.8, 4) is 16.2 Å². The first-order valence-electron chi connectivity index (χ1n) is 14.7. The van der Waals surface area contributed by atoms with E-state index in [1.54, 1.807) is 18.4 Å². The highest BCUT2D eigenvalue weighted by molar-refractivity contribution is 7.18. The Morgan fingerprint density at radius 3 is 2.42 bits per heavy atom. The molecule has 7 heteroatoms. The van der Waals surface area contributed by atoms with Crippen LogP contribution in [0.15, 0.2) is 48.7 Å². The number of hydrogen-bond acceptors (Lipinski definition) is 6. The van der Waals surface area contributed by atoms with Crippen LogP contribution in [-0.4, -0.2) is 49.9 Å². The molecule has 0 unspecified atom stereocenters. The lowest BCUT2D eigenvalue weighted by Gasteiger charge is -2.36. The van der Waals surface area contributed by atoms with E-state index < -0.39 is 0 Å². The van der Waals surface area contributed by atoms with Crippen LogP contribution in [0.2, 0.25) is 0 Å². The van der Waals surface area contributed by atoms with E-state index in [0.717, 1.165) is 72.1 Å². The van der Waals surface area contributed by atoms with Gasteiger partial charge < -0.3 is 19.6 Å². The topological polar surface area (TPSA) is 65.9 Å². The van der Waals surface area contributed by atoms with Crippen LogP contribution in [0.5, 0.6) is 5.75 Å². The van der Waals surface area contributed by atoms with Gasteiger partial charge in [-0.25, -0.2) is 4.98 Å². The molecular weight excluding hydrogens is 518 g/mol. The van der Waals surface area contributed by atoms with E-state index in [9.17, 15) is 9.90 Å². The molecule has 2 aromatic carbocycles. The number of aryl methyl sites for hydroxylation is 1. The number of benzene rings is 2. The Balaban J connectivity index is 1.33. The fourth-order valence-electron chi connectivity index (χ4n) is 6.39. The summed E-state index contributed by atoms with van der Waals surface area (Å²) in [4.78, 5) is 23.8. The molecule has 0 saturated heterocycles. The van der Waals surface area contributed by atoms with Crippen LogP contribution in [0.4, 0.5) is 10.8 Å². The van der Waals surface area contributed by atoms with Gasteiger partial charge in [0.25, 0.3) is 0 Å². The molecule has 6 nitrogen and oxygen atoms in total. The molecule has 0 radical (unpaired) electrons. The molecule has 1 N–H and O–H groups in total. The highest BCUT2D eigenvalue weighted by Gasteiger charge is 2.32. The van der Waals surface area contributed by atoms with Gasteiger partial charge in [-0.3, -0.25) is 4.79 Å². The van der Waals surface area contributed by atoms with Crippen molar-refractivity contribution in [2.75, 3.05) is 37.5 Å². The average molecular weight is 562 g/mol. The number of amides is 1. The summed E-state index contributed by atoms with van der Waals surface area (Å²) in [5, 5.41) is 11.0. The molecule has 1 aromatic heterocycles. The molecule has 5 rings (SSSR count). The van der Waals surface area contributed by atoms with Crippen molar-refractivity contribution in [1.29, 1.82) is 0 Å². The second-order valence-electron chi connectivity index (χ2n) is 11.9. The summed E-state index contributed by atoms with van der Waals surface area (Å²) < 4.78 is 5.46. The molecule has 3 aromatic rings. The molecule has 0 aliphatic heterocycles. The second kappa shape index (κ2) is 12.7. The van der Waals surface area contributed by atoms with E-state index >= 15 is 0 Å². The first kappa shape index (κ1) is 28.6. The van der Waals surface area contributed by atoms with Gasteiger partial charge in [-0.05, 0) is 105 Å². The highest BCUT2D eigenvalue weighted by atomic mass is 32.1. The third-order valence-electron chi connectivity index (χ3n) is 8.81. The van der Waals surface area contributed by atoms with E-state index in [2.05, 4.69) is 59.3 Å². The van der Waals surface area contributed by atoms with Crippen molar-refractivity contribution >= 4 is 28.1 Å². The molecule has 2 aliphatic rings. The fourth-order valence-corrected chi connectivity index (χ4v) is 7.22. The number of aliphatic hydroxyl groups excluding tert-OH is 1. The number of ether oxygens (including phenoxy) is 1. The van der Waals surface area contributed by atoms with Crippen LogP contribution < -0.4 is 14.5 Å². The van der Waals surface area contributed by atoms with Crippen molar-refractivity contribution in [2.24, 2.45) is 11.8 Å². The van der Waals surface area contributed by atoms with Crippen molar-refractivity contribution in [1.82, 2.24) is 4.98 Å². The zero-order valence-electron chi connectivity index (χ0n) is 24.3. The Bertz CT molecular complexity index is 1290. The van der Waals surface area contributed by atoms with Gasteiger partial charge in [-0.15, -0.1) is 0 Å². The zero-order valence-corrected chi connectivity index (χ0v) is 25.1. The van der Waals surface area contributed by atoms with E-state index in [4.69, 9.17) is 4.74 Å². The first-order valence-corrected chi connectivity index (χ1v) is 15.5. The van der Waals surface area contributed by atoms with E-state index in [1.165, 1.54) is 11.1 Å². The third-order valence-corrected chi connectivity index (χ3v) is 10.0. The van der Waals surface area contributed by atoms with E-state index in [1.807, 2.05) is 25.2 Å². The van der Waals surface area contributed by atoms with Crippen LogP contribution in [0.3, 0.4) is 0 Å². The lowest BCUT2D eigenvalue weighted by atomic mass is 9.78. The largest absolute Gasteiger partial charge is 0.496 e. The molecule has 1 amide bonds. The molecular formula is C33H43N3O3S. The SMILES string of the molecule is COc1ccc([C@H]2CC[C@H](CN(c3cccc(-c4cnc(N(C)C)s4)c3)C(=O)[C@H]3CC[C@H](O)CC3)CC2)cc1C. The quantitative estimate of drug-likeness (QED) is 0.319. The maximum atomic E-state index is 14.0. The number of aromatic nitrogens is 1. The van der Waals surface area contributed by atoms with Crippen molar-refractivity contribution in [2.45, 2.75) is 70.3 Å². The second-order valence-corrected chi connectivity index (χ2v) is 12.9. The van der Waals surface area contributed by atoms with Gasteiger partial charge in [-0.1, -0.05) is 35.6 Å². The minimum atomic E-state index is -0.269. The normalized spacial score (nSPS) is 23.0. The number of aliphatic hydroxyl groups is 1. The van der Waals surface area contributed by atoms with Crippen LogP contribution in [0, 0.1) is 18.8 Å². The molecule has 0 atom stereocenters. The number of hydrogen-bond donors (Lipinski definition) is 1. The molecule has 0 bridgehead atoms. The van der Waals surface area contributed by atoms with Gasteiger partial charge in [0.05, 0.1) is 18.1 Å². The lowest BCUT2D eigenvalue weighted by molar-refractivity contribution is -0.124. The Morgan fingerprint density at radius 2 is 1.77 bits per heavy atom. The highest BCUT2D eigenvalue weighted by Crippen LogP contribution is 2.39. The maximum Gasteiger partial charge on any atom is 0.230 e. The predicted molar refractivity (Wildman–Crippen MR) is 165 cm³/mol. The summed E-state index contributed by atoms with van der Waals surface area (Å²) in [7, 11) is 5.74. The van der Waals surface area contributed by atoms with Crippen molar-refractivity contribution < 1.29 is 14.6 Å². The standard InChI is InChI=1S/C33H43N3O3S/c1-22-18-26(14-17-30(22)39-4)24-10-8-23(9-11-24)21-36(32(38)25-12-15-29(37)16-13-25)28-7-5-6-27(19-28)31-20-34-33(40-31)35(2)3/h5-7,14,17-20,23-25,29,37H,8-13,15-16,21H2,1-4H3/t23-,24-,25-,29-. The summed E-state index contributed by atoms with van der Waals surface area (Å²) in [6.07, 6.45) is 9.13. The molecule has 2 aliphatic carbocycles. The number of nitrogens with zero attached hydrogens (tertiary/aromatic N) is 3. The number of thiazole rings is 1. The summed E-state index contributed by atoms with van der Waals surface area (Å²) >= 11 is 1.66. The van der Waals surface area contributed by atoms with E-state index in [-0.39, 0.29) is 17.9 Å². The Labute approximate surface area is 243 Å². The van der Waals surface area contributed by atoms with Crippen LogP contribution in [-0.2, 0) is 4.79 Å². The number of rotatable bonds is 8. The van der Waals surface area contributed by atoms with Gasteiger partial charge in [-0.2, -0.15) is 0 Å². The minimum Gasteiger partial charge on any atom is -0.496 e. The number of anilines is 2. The summed E-state index contributed by atoms with van der Waals surface area (Å²) in [6.45, 7) is 2.87. The van der Waals surface area contributed by atoms with Gasteiger partial charge in [0, 0.05) is 38.4 Å². The van der Waals surface area contributed by atoms with Crippen molar-refractivity contribution in [3.63, 3.8) is 0 Å². The van der Waals surface area contributed by atoms with Gasteiger partial charge in [0.2, 0.25) is 5.91 Å². The Kier molecular flexibility index (Phi) is 9.11. The maximum absolute atomic E-state index is 14.0. The average Bonchev–Trinajstić information content (AvgIpc) is 3.47. The molecule has 0 spiro atoms. The monoisotopic (exact) mass is 561 g/mol. The van der Waals surface area contributed by atoms with Crippen LogP contribution >= 0.6 is 11.3 Å². The molecule has 214 valence electrons. The fraction of sp³-hybridized carbons (Fsp3) is 0.515. The smallest absolute Gasteiger partial charge is 0.230 e. The van der Waals surface area contributed by atoms with Gasteiger partial charge >= 0.3 is 0 Å². The third kappa shape index (κ3) is 6.52. The Morgan fingerprint density at radius 1 is 1.02 bits per heavy atom. The predicted octanol–water partition coefficient (Wildman–Crippen LogP) is 7.05. The number of carbonyl (C=O) groups excluding carboxylic acids is 1. The molecule has 2 saturated carbocycles. The van der Waals surface area contributed by atoms with Crippen LogP contribution in [0.1, 0.15) is 68.4 Å². The van der Waals surface area contributed by atoms with Gasteiger partial charge in [0.1, 0.15) is 5.75 Å². The van der Waals surface area contributed by atoms with Crippen molar-refractivity contribution in [3.05, 3.63) is 59.8 Å². The molecule has 2 fully saturated rings. The lowest BCUT2D eigenvalue weighted by Crippen LogP contribution is -2.41. The summed E-state index contributed by atoms with van der Waals surface area (Å²) in [5.74, 6) is 2.18. The number of methoxy groups -OCH3 is 1. The zero-order chi connectivity index (χ0) is 28.2. The molecule has 40 heavy (non-hydrogen) atoms. The number of carbonyl (C=O) groups is 1. The first-order chi connectivity index (χ1) is 19.3. The molecule has 1 heterocycles. The van der Waals surface area contributed by atoms with Gasteiger partial charge in [0.15, 0.2) is 5.13 Å². The Hall–Kier alpha value is -2.90.